The molecule has 1 radical (unpaired) electrons. The van der Waals surface area contributed by atoms with E-state index < -0.39 is 0 Å². The van der Waals surface area contributed by atoms with Crippen molar-refractivity contribution in [3.05, 3.63) is 0 Å². The van der Waals surface area contributed by atoms with E-state index in [-0.39, 0.29) is 0 Å². The van der Waals surface area contributed by atoms with Crippen molar-refractivity contribution in [2.24, 2.45) is 0 Å². The third kappa shape index (κ3) is 8.32. The summed E-state index contributed by atoms with van der Waals surface area (Å²) in [6.45, 7) is 10.6. The first-order valence-corrected chi connectivity index (χ1v) is 2.98. The van der Waals surface area contributed by atoms with Crippen molar-refractivity contribution in [1.82, 2.24) is 0 Å². The van der Waals surface area contributed by atoms with Gasteiger partial charge in [0.2, 0.25) is 0 Å². The van der Waals surface area contributed by atoms with Crippen molar-refractivity contribution < 1.29 is 4.65 Å². The van der Waals surface area contributed by atoms with Crippen LogP contribution in [-0.4, -0.2) is 61.6 Å². The quantitative estimate of drug-likeness (QED) is 0.358. The third-order valence-corrected chi connectivity index (χ3v) is 0.770. The minimum atomic E-state index is 1.48. The van der Waals surface area contributed by atoms with Gasteiger partial charge in [0.05, 0.1) is 0 Å². The molecule has 0 aliphatic heterocycles. The molecule has 0 N–H and O–H groups in total. The Morgan fingerprint density at radius 1 is 1.00 bits per heavy atom. The van der Waals surface area contributed by atoms with Crippen molar-refractivity contribution in [1.29, 1.82) is 0 Å². The zero-order valence-corrected chi connectivity index (χ0v) is 6.03. The van der Waals surface area contributed by atoms with Crippen molar-refractivity contribution in [3.8, 4) is 0 Å². The molecule has 0 saturated carbocycles. The van der Waals surface area contributed by atoms with Gasteiger partial charge in [-0.15, -0.1) is 0 Å². The number of hydrogen-bond acceptors (Lipinski definition) is 1. The van der Waals surface area contributed by atoms with Crippen LogP contribution in [0.4, 0.5) is 0 Å². The Hall–Kier alpha value is 0.319. The minimum absolute atomic E-state index is 1.48. The molecule has 0 aliphatic carbocycles. The van der Waals surface area contributed by atoms with Gasteiger partial charge in [0.25, 0.3) is 0 Å². The summed E-state index contributed by atoms with van der Waals surface area (Å²) in [7, 11) is 8.28. The predicted octanol–water partition coefficient (Wildman–Crippen LogP) is -2.95. The first-order valence-electron chi connectivity index (χ1n) is 2.98. The molecule has 1 nitrogen and oxygen atoms in total. The van der Waals surface area contributed by atoms with E-state index in [1.54, 1.807) is 27.5 Å². The van der Waals surface area contributed by atoms with Crippen LogP contribution in [-0.2, 0) is 4.65 Å². The van der Waals surface area contributed by atoms with Crippen LogP contribution in [0.3, 0.4) is 0 Å². The molecule has 10 heavy (non-hydrogen) atoms. The van der Waals surface area contributed by atoms with Gasteiger partial charge in [-0.05, 0) is 0 Å². The summed E-state index contributed by atoms with van der Waals surface area (Å²) in [6, 6.07) is 0. The molecule has 0 aliphatic rings. The van der Waals surface area contributed by atoms with Gasteiger partial charge < -0.3 is 0 Å². The summed E-state index contributed by atoms with van der Waals surface area (Å²) in [4.78, 5) is 0. The molecule has 37 valence electrons. The number of rotatable bonds is 4. The molecule has 0 fully saturated rings. The maximum atomic E-state index is 5.08. The summed E-state index contributed by atoms with van der Waals surface area (Å²) >= 11 is 0. The van der Waals surface area contributed by atoms with E-state index in [0.29, 0.717) is 0 Å². The fourth-order valence-electron chi connectivity index (χ4n) is 0.381. The van der Waals surface area contributed by atoms with Crippen molar-refractivity contribution in [2.75, 3.05) is 7.11 Å². The Balaban J connectivity index is 3.46. The van der Waals surface area contributed by atoms with Gasteiger partial charge >= 0.3 is 66.3 Å². The summed E-state index contributed by atoms with van der Waals surface area (Å²) < 4.78 is 4.66. The van der Waals surface area contributed by atoms with E-state index in [4.69, 9.17) is 7.37 Å². The second kappa shape index (κ2) is 9.32. The Kier molecular flexibility index (Phi) is 9.62. The topological polar surface area (TPSA) is 9.23 Å². The molecule has 0 spiro atoms. The van der Waals surface area contributed by atoms with Crippen LogP contribution in [0.5, 0.6) is 0 Å². The zero-order chi connectivity index (χ0) is 7.66. The molecule has 0 saturated heterocycles. The molecule has 0 unspecified atom stereocenters. The summed E-state index contributed by atoms with van der Waals surface area (Å²) in [5.74, 6) is 0. The van der Waals surface area contributed by atoms with Crippen molar-refractivity contribution in [3.63, 3.8) is 0 Å². The fourth-order valence-corrected chi connectivity index (χ4v) is 0.381. The maximum absolute atomic E-state index is 5.08. The SMILES string of the molecule is [B]=BB=BB=BB=BOC. The van der Waals surface area contributed by atoms with E-state index in [9.17, 15) is 0 Å². The molecule has 9 heteroatoms. The second-order valence-electron chi connectivity index (χ2n) is 1.53. The zero-order valence-electron chi connectivity index (χ0n) is 6.03. The van der Waals surface area contributed by atoms with E-state index >= 15 is 0 Å². The average molecular weight is 118 g/mol. The monoisotopic (exact) mass is 119 g/mol. The average Bonchev–Trinajstić information content (AvgIpc) is 1.97. The van der Waals surface area contributed by atoms with Gasteiger partial charge in [-0.1, -0.05) is 0 Å². The fraction of sp³-hybridized carbons (Fsp3) is 1.00. The first kappa shape index (κ1) is 10.3. The Morgan fingerprint density at radius 2 is 1.60 bits per heavy atom. The van der Waals surface area contributed by atoms with Crippen LogP contribution in [0.15, 0.2) is 0 Å². The first-order chi connectivity index (χ1) is 4.91. The van der Waals surface area contributed by atoms with E-state index in [1.807, 2.05) is 20.1 Å². The molecule has 0 bridgehead atoms. The van der Waals surface area contributed by atoms with Gasteiger partial charge in [0.15, 0.2) is 0 Å². The molecular formula is CH3B8O. The van der Waals surface area contributed by atoms with Gasteiger partial charge in [-0.2, -0.15) is 0 Å². The van der Waals surface area contributed by atoms with E-state index in [2.05, 4.69) is 4.65 Å². The van der Waals surface area contributed by atoms with Crippen molar-refractivity contribution >= 4 is 54.5 Å². The molecule has 0 aromatic heterocycles. The van der Waals surface area contributed by atoms with Crippen molar-refractivity contribution in [2.45, 2.75) is 0 Å². The van der Waals surface area contributed by atoms with Gasteiger partial charge in [-0.3, -0.25) is 0 Å². The van der Waals surface area contributed by atoms with Crippen LogP contribution < -0.4 is 0 Å². The van der Waals surface area contributed by atoms with E-state index in [1.165, 1.54) is 6.69 Å². The van der Waals surface area contributed by atoms with Crippen LogP contribution >= 0.6 is 0 Å². The van der Waals surface area contributed by atoms with E-state index in [0.717, 1.165) is 0 Å². The van der Waals surface area contributed by atoms with Gasteiger partial charge in [-0.25, -0.2) is 0 Å². The summed E-state index contributed by atoms with van der Waals surface area (Å²) in [6.07, 6.45) is 0. The van der Waals surface area contributed by atoms with Gasteiger partial charge in [0.1, 0.15) is 0 Å². The Morgan fingerprint density at radius 3 is 2.20 bits per heavy atom. The summed E-state index contributed by atoms with van der Waals surface area (Å²) in [5, 5.41) is 0. The number of hydrogen-bond donors (Lipinski definition) is 0. The third-order valence-electron chi connectivity index (χ3n) is 0.770. The van der Waals surface area contributed by atoms with Crippen LogP contribution in [0.25, 0.3) is 0 Å². The van der Waals surface area contributed by atoms with Gasteiger partial charge in [0, 0.05) is 0 Å². The van der Waals surface area contributed by atoms with Crippen LogP contribution in [0.1, 0.15) is 0 Å². The molecule has 0 aromatic rings. The Bertz CT molecular complexity index is 157. The standard InChI is InChI=1S/CH3B8O/c1-10-9-8-7-6-5-4-3-2/h1H3. The molecular weight excluding hydrogens is 115 g/mol. The molecule has 0 heterocycles. The summed E-state index contributed by atoms with van der Waals surface area (Å²) in [5.41, 5.74) is 0. The van der Waals surface area contributed by atoms with Crippen LogP contribution in [0.2, 0.25) is 0 Å². The Labute approximate surface area is 66.9 Å². The molecule has 0 rings (SSSR count). The molecule has 0 aromatic carbocycles. The second-order valence-corrected chi connectivity index (χ2v) is 1.53. The normalized spacial score (nSPS) is 6.40. The molecule has 0 amide bonds. The van der Waals surface area contributed by atoms with Crippen LogP contribution in [0, 0.1) is 0 Å². The molecule has 0 atom stereocenters. The predicted molar refractivity (Wildman–Crippen MR) is 53.0 cm³/mol.